The van der Waals surface area contributed by atoms with Gasteiger partial charge in [-0.25, -0.2) is 27.0 Å². The molecule has 0 bridgehead atoms. The van der Waals surface area contributed by atoms with Crippen LogP contribution in [-0.4, -0.2) is 43.6 Å². The van der Waals surface area contributed by atoms with Crippen LogP contribution in [0.2, 0.25) is 0 Å². The molecule has 1 N–H and O–H groups in total. The van der Waals surface area contributed by atoms with E-state index < -0.39 is 94.0 Å². The molecular weight excluding hydrogens is 679 g/mol. The molecule has 18 heteroatoms. The molecule has 3 heterocycles. The van der Waals surface area contributed by atoms with Crippen molar-refractivity contribution in [3.63, 3.8) is 0 Å². The quantitative estimate of drug-likeness (QED) is 0.213. The van der Waals surface area contributed by atoms with Crippen molar-refractivity contribution in [3.05, 3.63) is 76.9 Å². The van der Waals surface area contributed by atoms with E-state index in [0.29, 0.717) is 23.1 Å². The van der Waals surface area contributed by atoms with Gasteiger partial charge in [-0.2, -0.15) is 23.5 Å². The van der Waals surface area contributed by atoms with Gasteiger partial charge in [-0.1, -0.05) is 6.07 Å². The van der Waals surface area contributed by atoms with Crippen molar-refractivity contribution in [1.82, 2.24) is 25.3 Å². The van der Waals surface area contributed by atoms with Gasteiger partial charge in [-0.15, -0.1) is 10.2 Å². The number of carbonyl (C=O) groups excluding carboxylic acids is 2. The van der Waals surface area contributed by atoms with Crippen molar-refractivity contribution < 1.29 is 49.5 Å². The Balaban J connectivity index is 1.60. The van der Waals surface area contributed by atoms with Gasteiger partial charge in [0.2, 0.25) is 11.8 Å². The Morgan fingerprint density at radius 1 is 1.08 bits per heavy atom. The second-order valence-corrected chi connectivity index (χ2v) is 13.0. The molecule has 264 valence electrons. The van der Waals surface area contributed by atoms with Crippen LogP contribution in [0.4, 0.5) is 41.2 Å². The van der Waals surface area contributed by atoms with E-state index >= 15 is 17.6 Å². The third-order valence-corrected chi connectivity index (χ3v) is 7.46. The fourth-order valence-electron chi connectivity index (χ4n) is 4.98. The number of fused-ring (bicyclic) bond motifs is 1. The van der Waals surface area contributed by atoms with Gasteiger partial charge >= 0.3 is 12.3 Å². The second-order valence-electron chi connectivity index (χ2n) is 13.0. The van der Waals surface area contributed by atoms with Crippen LogP contribution in [0.1, 0.15) is 63.6 Å². The number of hydrogen-bond acceptors (Lipinski definition) is 8. The highest BCUT2D eigenvalue weighted by Gasteiger charge is 2.47. The number of nitrogens with zero attached hydrogens (tertiary/aromatic N) is 6. The molecule has 4 aromatic rings. The number of rotatable bonds is 6. The topological polar surface area (TPSA) is 139 Å². The zero-order valence-corrected chi connectivity index (χ0v) is 27.0. The average molecular weight is 708 g/mol. The fourth-order valence-corrected chi connectivity index (χ4v) is 4.98. The van der Waals surface area contributed by atoms with Crippen LogP contribution in [0, 0.1) is 23.0 Å². The van der Waals surface area contributed by atoms with Crippen LogP contribution >= 0.6 is 0 Å². The summed E-state index contributed by atoms with van der Waals surface area (Å²) in [4.78, 5) is 27.4. The summed E-state index contributed by atoms with van der Waals surface area (Å²) in [6.07, 6.45) is -6.19. The number of nitrogens with one attached hydrogen (secondary N) is 1. The minimum Gasteiger partial charge on any atom is -0.444 e. The van der Waals surface area contributed by atoms with Crippen LogP contribution < -0.4 is 10.2 Å². The maximum atomic E-state index is 15.9. The lowest BCUT2D eigenvalue weighted by Crippen LogP contribution is -2.49. The zero-order valence-electron chi connectivity index (χ0n) is 27.0. The standard InChI is InChI=1S/C32H28F7N7O4/c1-29(2,3)50-28(48)42-22-11-31(35,36)19-10-20(33)18(25-43-44-27(49-25)30(4,5)15-40)9-24(19)45(26(22)47)13-16-6-7-23(21(34)8-16)46-14-17(12-41-46)32(37,38)39/h6-10,12,14,22H,11,13H2,1-5H3,(H,42,48). The fraction of sp³-hybridized carbons (Fsp3) is 0.375. The van der Waals surface area contributed by atoms with Gasteiger partial charge in [0.25, 0.3) is 11.8 Å². The molecule has 2 aromatic carbocycles. The molecule has 1 aliphatic heterocycles. The Morgan fingerprint density at radius 2 is 1.78 bits per heavy atom. The molecule has 0 aliphatic carbocycles. The molecule has 50 heavy (non-hydrogen) atoms. The summed E-state index contributed by atoms with van der Waals surface area (Å²) in [5, 5.41) is 22.6. The first-order valence-corrected chi connectivity index (χ1v) is 14.8. The predicted octanol–water partition coefficient (Wildman–Crippen LogP) is 6.94. The third kappa shape index (κ3) is 7.26. The summed E-state index contributed by atoms with van der Waals surface area (Å²) >= 11 is 0. The highest BCUT2D eigenvalue weighted by atomic mass is 19.4. The number of benzene rings is 2. The first kappa shape index (κ1) is 35.8. The predicted molar refractivity (Wildman–Crippen MR) is 160 cm³/mol. The summed E-state index contributed by atoms with van der Waals surface area (Å²) in [6.45, 7) is 6.78. The molecule has 0 fully saturated rings. The van der Waals surface area contributed by atoms with Crippen LogP contribution in [0.5, 0.6) is 0 Å². The van der Waals surface area contributed by atoms with Crippen molar-refractivity contribution in [2.24, 2.45) is 0 Å². The zero-order chi connectivity index (χ0) is 37.0. The lowest BCUT2D eigenvalue weighted by molar-refractivity contribution is -0.137. The van der Waals surface area contributed by atoms with Crippen molar-refractivity contribution >= 4 is 17.7 Å². The van der Waals surface area contributed by atoms with Gasteiger partial charge in [0.05, 0.1) is 35.6 Å². The van der Waals surface area contributed by atoms with Gasteiger partial charge < -0.3 is 19.4 Å². The van der Waals surface area contributed by atoms with E-state index in [9.17, 15) is 28.0 Å². The van der Waals surface area contributed by atoms with Gasteiger partial charge in [-0.3, -0.25) is 4.79 Å². The van der Waals surface area contributed by atoms with Crippen LogP contribution in [0.3, 0.4) is 0 Å². The number of alkyl carbamates (subject to hydrolysis) is 1. The number of amides is 2. The normalized spacial score (nSPS) is 16.4. The van der Waals surface area contributed by atoms with E-state index in [1.807, 2.05) is 6.07 Å². The van der Waals surface area contributed by atoms with Gasteiger partial charge in [0.15, 0.2) is 0 Å². The molecule has 0 saturated carbocycles. The number of nitriles is 1. The molecular formula is C32H28F7N7O4. The largest absolute Gasteiger partial charge is 0.444 e. The van der Waals surface area contributed by atoms with Crippen molar-refractivity contribution in [2.75, 3.05) is 4.90 Å². The number of carbonyl (C=O) groups is 2. The smallest absolute Gasteiger partial charge is 0.419 e. The van der Waals surface area contributed by atoms with Gasteiger partial charge in [-0.05, 0) is 64.4 Å². The van der Waals surface area contributed by atoms with Crippen LogP contribution in [-0.2, 0) is 33.6 Å². The summed E-state index contributed by atoms with van der Waals surface area (Å²) < 4.78 is 113. The Kier molecular flexibility index (Phi) is 8.92. The Labute approximate surface area is 279 Å². The molecule has 1 aliphatic rings. The molecule has 0 saturated heterocycles. The minimum absolute atomic E-state index is 0.0308. The van der Waals surface area contributed by atoms with E-state index in [1.165, 1.54) is 40.7 Å². The van der Waals surface area contributed by atoms with E-state index in [0.717, 1.165) is 23.1 Å². The number of anilines is 1. The molecule has 1 atom stereocenters. The molecule has 11 nitrogen and oxygen atoms in total. The summed E-state index contributed by atoms with van der Waals surface area (Å²) in [5.74, 6) is -8.08. The monoisotopic (exact) mass is 707 g/mol. The highest BCUT2D eigenvalue weighted by Crippen LogP contribution is 2.45. The number of ether oxygens (including phenoxy) is 1. The van der Waals surface area contributed by atoms with Crippen molar-refractivity contribution in [2.45, 2.75) is 76.7 Å². The Bertz CT molecular complexity index is 2010. The van der Waals surface area contributed by atoms with E-state index in [-0.39, 0.29) is 17.1 Å². The summed E-state index contributed by atoms with van der Waals surface area (Å²) in [6, 6.07) is 4.48. The SMILES string of the molecule is CC(C)(C)OC(=O)NC1CC(F)(F)c2cc(F)c(-c3nnc(C(C)(C)C#N)o3)cc2N(Cc2ccc(-n3cc(C(F)(F)F)cn3)c(F)c2)C1=O. The first-order valence-electron chi connectivity index (χ1n) is 14.8. The van der Waals surface area contributed by atoms with Gasteiger partial charge in [0, 0.05) is 18.2 Å². The lowest BCUT2D eigenvalue weighted by atomic mass is 9.96. The van der Waals surface area contributed by atoms with E-state index in [2.05, 4.69) is 20.6 Å². The van der Waals surface area contributed by atoms with Crippen molar-refractivity contribution in [1.29, 1.82) is 5.26 Å². The maximum absolute atomic E-state index is 15.9. The van der Waals surface area contributed by atoms with Crippen LogP contribution in [0.25, 0.3) is 17.1 Å². The van der Waals surface area contributed by atoms with Crippen LogP contribution in [0.15, 0.2) is 47.1 Å². The molecule has 2 amide bonds. The Morgan fingerprint density at radius 3 is 2.38 bits per heavy atom. The van der Waals surface area contributed by atoms with E-state index in [1.54, 1.807) is 0 Å². The molecule has 5 rings (SSSR count). The number of hydrogen-bond donors (Lipinski definition) is 1. The highest BCUT2D eigenvalue weighted by molar-refractivity contribution is 6.00. The average Bonchev–Trinajstić information content (AvgIpc) is 3.68. The minimum atomic E-state index is -4.74. The molecule has 1 unspecified atom stereocenters. The summed E-state index contributed by atoms with van der Waals surface area (Å²) in [5.41, 5.74) is -5.96. The number of alkyl halides is 5. The third-order valence-electron chi connectivity index (χ3n) is 7.46. The molecule has 0 spiro atoms. The first-order chi connectivity index (χ1) is 23.1. The second kappa shape index (κ2) is 12.4. The molecule has 2 aromatic heterocycles. The van der Waals surface area contributed by atoms with Gasteiger partial charge in [0.1, 0.15) is 34.4 Å². The van der Waals surface area contributed by atoms with Crippen molar-refractivity contribution in [3.8, 4) is 23.2 Å². The lowest BCUT2D eigenvalue weighted by Gasteiger charge is -2.27. The number of halogens is 7. The maximum Gasteiger partial charge on any atom is 0.419 e. The van der Waals surface area contributed by atoms with E-state index in [4.69, 9.17) is 9.15 Å². The Hall–Kier alpha value is -5.47. The summed E-state index contributed by atoms with van der Waals surface area (Å²) in [7, 11) is 0. The molecule has 0 radical (unpaired) electrons. The number of aromatic nitrogens is 4.